The highest BCUT2D eigenvalue weighted by Crippen LogP contribution is 2.12. The van der Waals surface area contributed by atoms with Gasteiger partial charge in [-0.3, -0.25) is 4.79 Å². The summed E-state index contributed by atoms with van der Waals surface area (Å²) in [5.74, 6) is -0.0965. The number of ether oxygens (including phenoxy) is 1. The van der Waals surface area contributed by atoms with E-state index in [-0.39, 0.29) is 12.6 Å². The summed E-state index contributed by atoms with van der Waals surface area (Å²) in [5.41, 5.74) is 0. The highest BCUT2D eigenvalue weighted by Gasteiger charge is 2.02. The Morgan fingerprint density at radius 1 is 0.591 bits per heavy atom. The normalized spacial score (nSPS) is 10.8. The highest BCUT2D eigenvalue weighted by atomic mass is 16.5. The number of hydrogen-bond donors (Lipinski definition) is 2. The van der Waals surface area contributed by atoms with Crippen LogP contribution in [0, 0.1) is 0 Å². The number of aliphatic hydroxyl groups is 2. The summed E-state index contributed by atoms with van der Waals surface area (Å²) in [5, 5.41) is 17.3. The minimum Gasteiger partial charge on any atom is -0.466 e. The first-order chi connectivity index (χ1) is 10.8. The SMILES string of the molecule is O=C(CCCCCCCCCCCCCO)OCCCCO. The van der Waals surface area contributed by atoms with Crippen LogP contribution in [0.25, 0.3) is 0 Å². The molecule has 0 amide bonds. The first-order valence-electron chi connectivity index (χ1n) is 9.18. The van der Waals surface area contributed by atoms with Gasteiger partial charge < -0.3 is 14.9 Å². The summed E-state index contributed by atoms with van der Waals surface area (Å²) >= 11 is 0. The Morgan fingerprint density at radius 2 is 1.00 bits per heavy atom. The molecule has 0 saturated carbocycles. The number of esters is 1. The van der Waals surface area contributed by atoms with Crippen molar-refractivity contribution in [3.05, 3.63) is 0 Å². The molecule has 0 aliphatic heterocycles. The fourth-order valence-electron chi connectivity index (χ4n) is 2.44. The average molecular weight is 316 g/mol. The maximum absolute atomic E-state index is 11.4. The number of carbonyl (C=O) groups excluding carboxylic acids is 1. The molecule has 0 aliphatic rings. The van der Waals surface area contributed by atoms with Crippen LogP contribution < -0.4 is 0 Å². The third-order valence-corrected chi connectivity index (χ3v) is 3.85. The van der Waals surface area contributed by atoms with Crippen molar-refractivity contribution in [1.29, 1.82) is 0 Å². The lowest BCUT2D eigenvalue weighted by Crippen LogP contribution is -2.06. The first kappa shape index (κ1) is 21.4. The van der Waals surface area contributed by atoms with E-state index in [9.17, 15) is 4.79 Å². The Bertz CT molecular complexity index is 231. The second-order valence-electron chi connectivity index (χ2n) is 6.01. The predicted octanol–water partition coefficient (Wildman–Crippen LogP) is 3.98. The number of rotatable bonds is 17. The number of unbranched alkanes of at least 4 members (excludes halogenated alkanes) is 11. The minimum absolute atomic E-state index is 0.0965. The van der Waals surface area contributed by atoms with Crippen LogP contribution in [0.3, 0.4) is 0 Å². The van der Waals surface area contributed by atoms with E-state index >= 15 is 0 Å². The van der Waals surface area contributed by atoms with Gasteiger partial charge in [-0.05, 0) is 25.7 Å². The zero-order chi connectivity index (χ0) is 16.3. The van der Waals surface area contributed by atoms with Crippen molar-refractivity contribution in [3.63, 3.8) is 0 Å². The first-order valence-corrected chi connectivity index (χ1v) is 9.18. The van der Waals surface area contributed by atoms with Crippen molar-refractivity contribution in [3.8, 4) is 0 Å². The number of hydrogen-bond acceptors (Lipinski definition) is 4. The molecular weight excluding hydrogens is 280 g/mol. The van der Waals surface area contributed by atoms with Gasteiger partial charge in [-0.1, -0.05) is 57.8 Å². The smallest absolute Gasteiger partial charge is 0.305 e. The Kier molecular flexibility index (Phi) is 17.9. The molecule has 4 heteroatoms. The van der Waals surface area contributed by atoms with Crippen LogP contribution in [0.5, 0.6) is 0 Å². The summed E-state index contributed by atoms with van der Waals surface area (Å²) in [7, 11) is 0. The van der Waals surface area contributed by atoms with Crippen LogP contribution in [0.15, 0.2) is 0 Å². The summed E-state index contributed by atoms with van der Waals surface area (Å²) in [6.07, 6.45) is 15.1. The Hall–Kier alpha value is -0.610. The van der Waals surface area contributed by atoms with Crippen molar-refractivity contribution in [2.75, 3.05) is 19.8 Å². The van der Waals surface area contributed by atoms with Gasteiger partial charge in [0, 0.05) is 19.6 Å². The second-order valence-corrected chi connectivity index (χ2v) is 6.01. The van der Waals surface area contributed by atoms with Crippen LogP contribution in [0.4, 0.5) is 0 Å². The quantitative estimate of drug-likeness (QED) is 0.315. The van der Waals surface area contributed by atoms with E-state index in [0.29, 0.717) is 26.1 Å². The Morgan fingerprint density at radius 3 is 1.50 bits per heavy atom. The molecule has 0 aliphatic carbocycles. The molecule has 0 saturated heterocycles. The van der Waals surface area contributed by atoms with E-state index in [2.05, 4.69) is 0 Å². The van der Waals surface area contributed by atoms with E-state index in [1.807, 2.05) is 0 Å². The molecule has 0 unspecified atom stereocenters. The molecule has 0 heterocycles. The molecule has 2 N–H and O–H groups in total. The van der Waals surface area contributed by atoms with Gasteiger partial charge in [-0.15, -0.1) is 0 Å². The lowest BCUT2D eigenvalue weighted by molar-refractivity contribution is -0.143. The molecule has 0 spiro atoms. The zero-order valence-electron chi connectivity index (χ0n) is 14.2. The number of carbonyl (C=O) groups is 1. The largest absolute Gasteiger partial charge is 0.466 e. The lowest BCUT2D eigenvalue weighted by Gasteiger charge is -2.04. The molecule has 0 aromatic rings. The van der Waals surface area contributed by atoms with Gasteiger partial charge in [-0.2, -0.15) is 0 Å². The molecule has 22 heavy (non-hydrogen) atoms. The van der Waals surface area contributed by atoms with E-state index in [1.165, 1.54) is 44.9 Å². The standard InChI is InChI=1S/C18H36O4/c19-15-11-9-7-5-3-1-2-4-6-8-10-14-18(21)22-17-13-12-16-20/h19-20H,1-17H2. The summed E-state index contributed by atoms with van der Waals surface area (Å²) in [6.45, 7) is 0.939. The molecule has 0 rings (SSSR count). The van der Waals surface area contributed by atoms with Gasteiger partial charge in [0.2, 0.25) is 0 Å². The molecule has 0 fully saturated rings. The van der Waals surface area contributed by atoms with Gasteiger partial charge in [0.25, 0.3) is 0 Å². The Labute approximate surface area is 136 Å². The molecule has 0 atom stereocenters. The van der Waals surface area contributed by atoms with Gasteiger partial charge in [-0.25, -0.2) is 0 Å². The topological polar surface area (TPSA) is 66.8 Å². The second kappa shape index (κ2) is 18.4. The maximum atomic E-state index is 11.4. The van der Waals surface area contributed by atoms with Crippen LogP contribution in [0.1, 0.15) is 89.9 Å². The fraction of sp³-hybridized carbons (Fsp3) is 0.944. The summed E-state index contributed by atoms with van der Waals surface area (Å²) in [4.78, 5) is 11.4. The van der Waals surface area contributed by atoms with Gasteiger partial charge in [0.15, 0.2) is 0 Å². The van der Waals surface area contributed by atoms with Crippen LogP contribution in [0.2, 0.25) is 0 Å². The molecule has 0 radical (unpaired) electrons. The maximum Gasteiger partial charge on any atom is 0.305 e. The van der Waals surface area contributed by atoms with Gasteiger partial charge in [0.05, 0.1) is 6.61 Å². The zero-order valence-corrected chi connectivity index (χ0v) is 14.2. The molecule has 0 aromatic carbocycles. The average Bonchev–Trinajstić information content (AvgIpc) is 2.52. The van der Waals surface area contributed by atoms with Crippen molar-refractivity contribution in [2.45, 2.75) is 89.9 Å². The van der Waals surface area contributed by atoms with Crippen molar-refractivity contribution in [2.24, 2.45) is 0 Å². The lowest BCUT2D eigenvalue weighted by atomic mass is 10.1. The van der Waals surface area contributed by atoms with Crippen LogP contribution >= 0.6 is 0 Å². The van der Waals surface area contributed by atoms with Crippen molar-refractivity contribution in [1.82, 2.24) is 0 Å². The molecule has 0 aromatic heterocycles. The minimum atomic E-state index is -0.0965. The van der Waals surface area contributed by atoms with E-state index in [0.717, 1.165) is 32.1 Å². The summed E-state index contributed by atoms with van der Waals surface area (Å²) < 4.78 is 5.08. The van der Waals surface area contributed by atoms with Crippen molar-refractivity contribution < 1.29 is 19.7 Å². The van der Waals surface area contributed by atoms with Crippen LogP contribution in [-0.4, -0.2) is 36.0 Å². The molecule has 4 nitrogen and oxygen atoms in total. The third kappa shape index (κ3) is 17.4. The van der Waals surface area contributed by atoms with E-state index in [4.69, 9.17) is 14.9 Å². The molecular formula is C18H36O4. The van der Waals surface area contributed by atoms with Crippen molar-refractivity contribution >= 4 is 5.97 Å². The third-order valence-electron chi connectivity index (χ3n) is 3.85. The predicted molar refractivity (Wildman–Crippen MR) is 89.8 cm³/mol. The monoisotopic (exact) mass is 316 g/mol. The fourth-order valence-corrected chi connectivity index (χ4v) is 2.44. The number of aliphatic hydroxyl groups excluding tert-OH is 2. The molecule has 0 bridgehead atoms. The molecule has 132 valence electrons. The van der Waals surface area contributed by atoms with E-state index in [1.54, 1.807) is 0 Å². The summed E-state index contributed by atoms with van der Waals surface area (Å²) in [6, 6.07) is 0. The highest BCUT2D eigenvalue weighted by molar-refractivity contribution is 5.69. The van der Waals surface area contributed by atoms with E-state index < -0.39 is 0 Å². The van der Waals surface area contributed by atoms with Gasteiger partial charge >= 0.3 is 5.97 Å². The Balaban J connectivity index is 3.08. The van der Waals surface area contributed by atoms with Crippen LogP contribution in [-0.2, 0) is 9.53 Å². The van der Waals surface area contributed by atoms with Gasteiger partial charge in [0.1, 0.15) is 0 Å².